The maximum atomic E-state index is 9.79. The van der Waals surface area contributed by atoms with Crippen molar-refractivity contribution in [3.05, 3.63) is 28.8 Å². The first kappa shape index (κ1) is 10.6. The highest BCUT2D eigenvalue weighted by atomic mass is 16.3. The van der Waals surface area contributed by atoms with Crippen LogP contribution in [0.2, 0.25) is 0 Å². The fraction of sp³-hybridized carbons (Fsp3) is 0.364. The van der Waals surface area contributed by atoms with E-state index in [0.29, 0.717) is 5.56 Å². The summed E-state index contributed by atoms with van der Waals surface area (Å²) in [4.78, 5) is 0. The van der Waals surface area contributed by atoms with E-state index in [1.807, 2.05) is 32.0 Å². The Bertz CT molecular complexity index is 380. The highest BCUT2D eigenvalue weighted by Gasteiger charge is 2.14. The predicted octanol–water partition coefficient (Wildman–Crippen LogP) is 1.92. The van der Waals surface area contributed by atoms with Crippen LogP contribution in [-0.2, 0) is 0 Å². The van der Waals surface area contributed by atoms with Gasteiger partial charge < -0.3 is 10.8 Å². The lowest BCUT2D eigenvalue weighted by atomic mass is 9.96. The van der Waals surface area contributed by atoms with Crippen molar-refractivity contribution in [2.75, 3.05) is 0 Å². The zero-order valence-corrected chi connectivity index (χ0v) is 8.41. The minimum Gasteiger partial charge on any atom is -0.507 e. The van der Waals surface area contributed by atoms with Crippen LogP contribution in [0.25, 0.3) is 0 Å². The Morgan fingerprint density at radius 2 is 2.00 bits per heavy atom. The molecule has 0 saturated carbocycles. The summed E-state index contributed by atoms with van der Waals surface area (Å²) in [5, 5.41) is 18.3. The average molecular weight is 190 g/mol. The van der Waals surface area contributed by atoms with Gasteiger partial charge in [-0.05, 0) is 25.0 Å². The van der Waals surface area contributed by atoms with Gasteiger partial charge in [0.05, 0.1) is 12.5 Å². The van der Waals surface area contributed by atoms with Crippen molar-refractivity contribution in [3.8, 4) is 11.8 Å². The van der Waals surface area contributed by atoms with Crippen LogP contribution in [0.3, 0.4) is 0 Å². The molecule has 1 atom stereocenters. The van der Waals surface area contributed by atoms with E-state index in [1.54, 1.807) is 0 Å². The van der Waals surface area contributed by atoms with Crippen molar-refractivity contribution in [2.24, 2.45) is 5.73 Å². The molecule has 3 nitrogen and oxygen atoms in total. The van der Waals surface area contributed by atoms with Gasteiger partial charge in [0.2, 0.25) is 0 Å². The third-order valence-electron chi connectivity index (χ3n) is 2.32. The summed E-state index contributed by atoms with van der Waals surface area (Å²) in [6.07, 6.45) is 0.220. The number of aromatic hydroxyl groups is 1. The number of aryl methyl sites for hydroxylation is 2. The molecule has 0 amide bonds. The van der Waals surface area contributed by atoms with Gasteiger partial charge in [0.1, 0.15) is 5.75 Å². The van der Waals surface area contributed by atoms with Crippen molar-refractivity contribution in [2.45, 2.75) is 26.3 Å². The molecule has 0 aliphatic heterocycles. The molecule has 0 bridgehead atoms. The Balaban J connectivity index is 3.19. The first-order valence-electron chi connectivity index (χ1n) is 4.49. The van der Waals surface area contributed by atoms with Crippen LogP contribution in [0.5, 0.6) is 5.75 Å². The maximum absolute atomic E-state index is 9.79. The Morgan fingerprint density at radius 1 is 1.43 bits per heavy atom. The Labute approximate surface area is 83.8 Å². The summed E-state index contributed by atoms with van der Waals surface area (Å²) in [7, 11) is 0. The van der Waals surface area contributed by atoms with Crippen molar-refractivity contribution < 1.29 is 5.11 Å². The van der Waals surface area contributed by atoms with Crippen LogP contribution in [0.15, 0.2) is 12.1 Å². The quantitative estimate of drug-likeness (QED) is 0.748. The Kier molecular flexibility index (Phi) is 3.10. The van der Waals surface area contributed by atoms with Crippen molar-refractivity contribution in [3.63, 3.8) is 0 Å². The number of nitrogens with two attached hydrogens (primary N) is 1. The molecule has 1 aromatic rings. The van der Waals surface area contributed by atoms with E-state index in [4.69, 9.17) is 11.0 Å². The molecule has 1 aromatic carbocycles. The topological polar surface area (TPSA) is 70.0 Å². The van der Waals surface area contributed by atoms with E-state index in [1.165, 1.54) is 0 Å². The van der Waals surface area contributed by atoms with Crippen molar-refractivity contribution >= 4 is 0 Å². The third kappa shape index (κ3) is 1.86. The smallest absolute Gasteiger partial charge is 0.123 e. The fourth-order valence-electron chi connectivity index (χ4n) is 1.49. The van der Waals surface area contributed by atoms with Crippen molar-refractivity contribution in [1.82, 2.24) is 0 Å². The first-order valence-corrected chi connectivity index (χ1v) is 4.49. The van der Waals surface area contributed by atoms with Gasteiger partial charge in [-0.25, -0.2) is 0 Å². The van der Waals surface area contributed by atoms with Crippen LogP contribution in [0.1, 0.15) is 29.2 Å². The minimum atomic E-state index is -0.403. The summed E-state index contributed by atoms with van der Waals surface area (Å²) in [6, 6.07) is 5.35. The summed E-state index contributed by atoms with van der Waals surface area (Å²) < 4.78 is 0. The largest absolute Gasteiger partial charge is 0.507 e. The van der Waals surface area contributed by atoms with Gasteiger partial charge in [0, 0.05) is 11.6 Å². The SMILES string of the molecule is Cc1ccc(C)c([C@H](N)CC#N)c1O. The number of hydrogen-bond donors (Lipinski definition) is 2. The molecular weight excluding hydrogens is 176 g/mol. The lowest BCUT2D eigenvalue weighted by molar-refractivity contribution is 0.457. The monoisotopic (exact) mass is 190 g/mol. The van der Waals surface area contributed by atoms with Crippen LogP contribution in [0.4, 0.5) is 0 Å². The number of benzene rings is 1. The minimum absolute atomic E-state index is 0.216. The van der Waals surface area contributed by atoms with Gasteiger partial charge in [-0.3, -0.25) is 0 Å². The number of nitriles is 1. The van der Waals surface area contributed by atoms with Gasteiger partial charge in [-0.2, -0.15) is 5.26 Å². The lowest BCUT2D eigenvalue weighted by Gasteiger charge is -2.15. The van der Waals surface area contributed by atoms with Crippen molar-refractivity contribution in [1.29, 1.82) is 5.26 Å². The molecule has 1 rings (SSSR count). The number of phenols is 1. The third-order valence-corrected chi connectivity index (χ3v) is 2.32. The predicted molar refractivity (Wildman–Crippen MR) is 54.7 cm³/mol. The van der Waals surface area contributed by atoms with Gasteiger partial charge in [-0.1, -0.05) is 12.1 Å². The maximum Gasteiger partial charge on any atom is 0.123 e. The van der Waals surface area contributed by atoms with E-state index < -0.39 is 6.04 Å². The van der Waals surface area contributed by atoms with Gasteiger partial charge in [0.25, 0.3) is 0 Å². The summed E-state index contributed by atoms with van der Waals surface area (Å²) in [5.41, 5.74) is 8.20. The van der Waals surface area contributed by atoms with Crippen LogP contribution < -0.4 is 5.73 Å². The number of nitrogens with zero attached hydrogens (tertiary/aromatic N) is 1. The average Bonchev–Trinajstić information content (AvgIpc) is 2.13. The normalized spacial score (nSPS) is 12.1. The fourth-order valence-corrected chi connectivity index (χ4v) is 1.49. The molecule has 3 heteroatoms. The molecule has 0 aliphatic carbocycles. The molecule has 74 valence electrons. The molecule has 0 unspecified atom stereocenters. The van der Waals surface area contributed by atoms with Crippen LogP contribution >= 0.6 is 0 Å². The molecule has 0 heterocycles. The first-order chi connectivity index (χ1) is 6.57. The standard InChI is InChI=1S/C11H14N2O/c1-7-3-4-8(2)11(14)10(7)9(13)5-6-12/h3-4,9,14H,5,13H2,1-2H3/t9-/m1/s1. The summed E-state index contributed by atoms with van der Waals surface area (Å²) in [6.45, 7) is 3.70. The molecule has 0 saturated heterocycles. The molecule has 0 aromatic heterocycles. The molecule has 0 spiro atoms. The number of hydrogen-bond acceptors (Lipinski definition) is 3. The summed E-state index contributed by atoms with van der Waals surface area (Å²) in [5.74, 6) is 0.216. The molecule has 0 radical (unpaired) electrons. The zero-order valence-electron chi connectivity index (χ0n) is 8.41. The van der Waals surface area contributed by atoms with E-state index in [0.717, 1.165) is 11.1 Å². The van der Waals surface area contributed by atoms with Gasteiger partial charge in [-0.15, -0.1) is 0 Å². The Hall–Kier alpha value is -1.53. The van der Waals surface area contributed by atoms with E-state index in [2.05, 4.69) is 0 Å². The van der Waals surface area contributed by atoms with Crippen LogP contribution in [0, 0.1) is 25.2 Å². The molecule has 14 heavy (non-hydrogen) atoms. The van der Waals surface area contributed by atoms with Crippen LogP contribution in [-0.4, -0.2) is 5.11 Å². The number of rotatable bonds is 2. The molecule has 0 aliphatic rings. The highest BCUT2D eigenvalue weighted by molar-refractivity contribution is 5.46. The second-order valence-corrected chi connectivity index (χ2v) is 3.43. The second-order valence-electron chi connectivity index (χ2n) is 3.43. The van der Waals surface area contributed by atoms with E-state index in [9.17, 15) is 5.11 Å². The zero-order chi connectivity index (χ0) is 10.7. The molecular formula is C11H14N2O. The Morgan fingerprint density at radius 3 is 2.57 bits per heavy atom. The summed E-state index contributed by atoms with van der Waals surface area (Å²) >= 11 is 0. The second kappa shape index (κ2) is 4.12. The highest BCUT2D eigenvalue weighted by Crippen LogP contribution is 2.30. The van der Waals surface area contributed by atoms with E-state index in [-0.39, 0.29) is 12.2 Å². The van der Waals surface area contributed by atoms with Gasteiger partial charge in [0.15, 0.2) is 0 Å². The number of phenolic OH excluding ortho intramolecular Hbond substituents is 1. The van der Waals surface area contributed by atoms with E-state index >= 15 is 0 Å². The molecule has 0 fully saturated rings. The molecule has 3 N–H and O–H groups in total. The van der Waals surface area contributed by atoms with Gasteiger partial charge >= 0.3 is 0 Å². The lowest BCUT2D eigenvalue weighted by Crippen LogP contribution is -2.11.